The van der Waals surface area contributed by atoms with Gasteiger partial charge < -0.3 is 5.11 Å². The van der Waals surface area contributed by atoms with Crippen molar-refractivity contribution < 1.29 is 22.9 Å². The topological polar surface area (TPSA) is 91.7 Å². The van der Waals surface area contributed by atoms with Crippen LogP contribution >= 0.6 is 0 Å². The Bertz CT molecular complexity index is 1200. The monoisotopic (exact) mass is 432 g/mol. The zero-order chi connectivity index (χ0) is 22.3. The zero-order valence-electron chi connectivity index (χ0n) is 16.4. The van der Waals surface area contributed by atoms with E-state index >= 15 is 0 Å². The van der Waals surface area contributed by atoms with Crippen LogP contribution in [0.15, 0.2) is 114 Å². The van der Waals surface area contributed by atoms with Crippen LogP contribution in [0.3, 0.4) is 0 Å². The molecule has 0 aliphatic carbocycles. The summed E-state index contributed by atoms with van der Waals surface area (Å²) in [5.74, 6) is -0.912. The second kappa shape index (κ2) is 9.84. The first-order valence-corrected chi connectivity index (χ1v) is 10.8. The molecule has 4 rings (SSSR count). The van der Waals surface area contributed by atoms with Gasteiger partial charge in [0.05, 0.1) is 10.5 Å². The van der Waals surface area contributed by atoms with Gasteiger partial charge in [0.15, 0.2) is 0 Å². The van der Waals surface area contributed by atoms with Gasteiger partial charge in [-0.25, -0.2) is 4.79 Å². The molecule has 0 aliphatic rings. The fourth-order valence-electron chi connectivity index (χ4n) is 2.94. The molecule has 0 radical (unpaired) electrons. The highest BCUT2D eigenvalue weighted by atomic mass is 32.2. The van der Waals surface area contributed by atoms with E-state index in [1.54, 1.807) is 30.3 Å². The minimum Gasteiger partial charge on any atom is -0.478 e. The Labute approximate surface area is 181 Å². The maximum Gasteiger partial charge on any atom is 0.335 e. The maximum atomic E-state index is 11.4. The fraction of sp³-hybridized carbons (Fsp3) is 0. The predicted molar refractivity (Wildman–Crippen MR) is 121 cm³/mol. The van der Waals surface area contributed by atoms with Gasteiger partial charge >= 0.3 is 5.97 Å². The number of hydrogen-bond acceptors (Lipinski definition) is 3. The van der Waals surface area contributed by atoms with Gasteiger partial charge in [0.25, 0.3) is 10.1 Å². The highest BCUT2D eigenvalue weighted by Crippen LogP contribution is 2.28. The molecular weight excluding hydrogens is 412 g/mol. The number of aromatic carboxylic acids is 1. The number of benzene rings is 4. The predicted octanol–water partition coefficient (Wildman–Crippen LogP) is 5.65. The van der Waals surface area contributed by atoms with E-state index in [1.165, 1.54) is 12.1 Å². The lowest BCUT2D eigenvalue weighted by atomic mass is 9.96. The summed E-state index contributed by atoms with van der Waals surface area (Å²) in [7, 11) is -4.00. The third-order valence-corrected chi connectivity index (χ3v) is 5.30. The van der Waals surface area contributed by atoms with Gasteiger partial charge in [-0.15, -0.1) is 0 Å². The molecule has 4 aromatic carbocycles. The molecule has 0 saturated carbocycles. The molecule has 0 unspecified atom stereocenters. The highest BCUT2D eigenvalue weighted by molar-refractivity contribution is 7.85. The third kappa shape index (κ3) is 6.12. The lowest BCUT2D eigenvalue weighted by molar-refractivity contribution is 0.0697. The van der Waals surface area contributed by atoms with Crippen molar-refractivity contribution in [2.24, 2.45) is 0 Å². The van der Waals surface area contributed by atoms with Gasteiger partial charge in [-0.1, -0.05) is 78.9 Å². The first-order chi connectivity index (χ1) is 14.8. The Morgan fingerprint density at radius 1 is 0.581 bits per heavy atom. The van der Waals surface area contributed by atoms with Crippen molar-refractivity contribution in [2.45, 2.75) is 4.90 Å². The molecule has 0 aliphatic heterocycles. The van der Waals surface area contributed by atoms with Gasteiger partial charge in [-0.3, -0.25) is 4.55 Å². The minimum absolute atomic E-state index is 0.0741. The number of carboxylic acids is 1. The van der Waals surface area contributed by atoms with Crippen LogP contribution in [0.2, 0.25) is 0 Å². The molecule has 0 saturated heterocycles. The summed E-state index contributed by atoms with van der Waals surface area (Å²) >= 11 is 0. The molecule has 31 heavy (non-hydrogen) atoms. The average Bonchev–Trinajstić information content (AvgIpc) is 2.80. The quantitative estimate of drug-likeness (QED) is 0.407. The summed E-state index contributed by atoms with van der Waals surface area (Å²) in [5.41, 5.74) is 4.15. The zero-order valence-corrected chi connectivity index (χ0v) is 17.2. The first-order valence-electron chi connectivity index (χ1n) is 9.36. The smallest absolute Gasteiger partial charge is 0.335 e. The lowest BCUT2D eigenvalue weighted by Gasteiger charge is -2.08. The van der Waals surface area contributed by atoms with E-state index in [0.29, 0.717) is 5.56 Å². The van der Waals surface area contributed by atoms with Crippen LogP contribution in [-0.4, -0.2) is 24.0 Å². The Morgan fingerprint density at radius 3 is 1.29 bits per heavy atom. The summed E-state index contributed by atoms with van der Waals surface area (Å²) < 4.78 is 29.2. The van der Waals surface area contributed by atoms with Crippen molar-refractivity contribution in [3.8, 4) is 22.3 Å². The van der Waals surface area contributed by atoms with E-state index in [9.17, 15) is 18.3 Å². The van der Waals surface area contributed by atoms with Crippen molar-refractivity contribution in [3.63, 3.8) is 0 Å². The molecular formula is C25H20O5S. The van der Waals surface area contributed by atoms with Crippen LogP contribution in [0.4, 0.5) is 0 Å². The van der Waals surface area contributed by atoms with E-state index in [0.717, 1.165) is 22.3 Å². The van der Waals surface area contributed by atoms with Crippen molar-refractivity contribution in [3.05, 3.63) is 115 Å². The van der Waals surface area contributed by atoms with E-state index in [-0.39, 0.29) is 4.90 Å². The van der Waals surface area contributed by atoms with Crippen molar-refractivity contribution in [1.82, 2.24) is 0 Å². The molecule has 2 N–H and O–H groups in total. The van der Waals surface area contributed by atoms with Crippen molar-refractivity contribution in [2.75, 3.05) is 0 Å². The summed E-state index contributed by atoms with van der Waals surface area (Å²) in [5, 5.41) is 9.33. The second-order valence-corrected chi connectivity index (χ2v) is 8.05. The summed E-state index contributed by atoms with van der Waals surface area (Å²) in [4.78, 5) is 11.3. The SMILES string of the molecule is O=C(O)c1cc(-c2ccccc2)cc(-c2ccccc2)c1.O=S(=O)(O)c1ccccc1. The standard InChI is InChI=1S/C19H14O2.C6H6O3S/c20-19(21)18-12-16(14-7-3-1-4-8-14)11-17(13-18)15-9-5-2-6-10-15;7-10(8,9)6-4-2-1-3-5-6/h1-13H,(H,20,21);1-5H,(H,7,8,9). The fourth-order valence-corrected chi connectivity index (χ4v) is 3.44. The van der Waals surface area contributed by atoms with Crippen LogP contribution in [0.25, 0.3) is 22.3 Å². The molecule has 0 fully saturated rings. The number of hydrogen-bond donors (Lipinski definition) is 2. The van der Waals surface area contributed by atoms with Gasteiger partial charge in [0, 0.05) is 0 Å². The molecule has 6 heteroatoms. The van der Waals surface area contributed by atoms with Crippen LogP contribution in [-0.2, 0) is 10.1 Å². The van der Waals surface area contributed by atoms with Gasteiger partial charge in [0.2, 0.25) is 0 Å². The molecule has 0 atom stereocenters. The lowest BCUT2D eigenvalue weighted by Crippen LogP contribution is -1.97. The Morgan fingerprint density at radius 2 is 0.968 bits per heavy atom. The molecule has 0 heterocycles. The van der Waals surface area contributed by atoms with Crippen LogP contribution in [0.5, 0.6) is 0 Å². The summed E-state index contributed by atoms with van der Waals surface area (Å²) in [6.07, 6.45) is 0. The number of rotatable bonds is 4. The molecule has 156 valence electrons. The molecule has 0 bridgehead atoms. The Hall–Kier alpha value is -3.74. The average molecular weight is 432 g/mol. The number of carboxylic acid groups (broad SMARTS) is 1. The van der Waals surface area contributed by atoms with E-state index in [2.05, 4.69) is 0 Å². The summed E-state index contributed by atoms with van der Waals surface area (Å²) in [6, 6.07) is 32.5. The maximum absolute atomic E-state index is 11.4. The van der Waals surface area contributed by atoms with Crippen molar-refractivity contribution >= 4 is 16.1 Å². The van der Waals surface area contributed by atoms with E-state index < -0.39 is 16.1 Å². The van der Waals surface area contributed by atoms with Crippen molar-refractivity contribution in [1.29, 1.82) is 0 Å². The minimum atomic E-state index is -4.00. The van der Waals surface area contributed by atoms with Gasteiger partial charge in [-0.05, 0) is 52.6 Å². The largest absolute Gasteiger partial charge is 0.478 e. The Kier molecular flexibility index (Phi) is 6.97. The molecule has 0 amide bonds. The molecule has 4 aromatic rings. The van der Waals surface area contributed by atoms with Crippen LogP contribution in [0, 0.1) is 0 Å². The molecule has 5 nitrogen and oxygen atoms in total. The molecule has 0 spiro atoms. The first kappa shape index (κ1) is 22.0. The van der Waals surface area contributed by atoms with E-state index in [1.807, 2.05) is 66.7 Å². The van der Waals surface area contributed by atoms with Gasteiger partial charge in [-0.2, -0.15) is 8.42 Å². The molecule has 0 aromatic heterocycles. The summed E-state index contributed by atoms with van der Waals surface area (Å²) in [6.45, 7) is 0. The Balaban J connectivity index is 0.000000229. The van der Waals surface area contributed by atoms with Gasteiger partial charge in [0.1, 0.15) is 0 Å². The van der Waals surface area contributed by atoms with E-state index in [4.69, 9.17) is 4.55 Å². The third-order valence-electron chi connectivity index (χ3n) is 4.44. The second-order valence-electron chi connectivity index (χ2n) is 6.62. The normalized spacial score (nSPS) is 10.6. The van der Waals surface area contributed by atoms with Crippen LogP contribution < -0.4 is 0 Å². The van der Waals surface area contributed by atoms with Crippen LogP contribution in [0.1, 0.15) is 10.4 Å². The highest BCUT2D eigenvalue weighted by Gasteiger charge is 2.09. The number of carbonyl (C=O) groups is 1.